The van der Waals surface area contributed by atoms with Crippen LogP contribution in [-0.4, -0.2) is 49.3 Å². The maximum Gasteiger partial charge on any atom is 0.0174 e. The summed E-state index contributed by atoms with van der Waals surface area (Å²) >= 11 is 0. The molecular weight excluding hydrogens is 210 g/mol. The number of nitrogens with one attached hydrogen (secondary N) is 1. The van der Waals surface area contributed by atoms with E-state index in [1.807, 2.05) is 0 Å². The third-order valence-electron chi connectivity index (χ3n) is 3.98. The summed E-state index contributed by atoms with van der Waals surface area (Å²) in [4.78, 5) is 0. The van der Waals surface area contributed by atoms with Crippen molar-refractivity contribution in [2.45, 2.75) is 39.5 Å². The first-order valence-electron chi connectivity index (χ1n) is 7.46. The Morgan fingerprint density at radius 3 is 2.53 bits per heavy atom. The van der Waals surface area contributed by atoms with Gasteiger partial charge in [-0.25, -0.2) is 10.0 Å². The highest BCUT2D eigenvalue weighted by atomic mass is 15.6. The molecule has 0 aromatic rings. The van der Waals surface area contributed by atoms with Gasteiger partial charge in [-0.2, -0.15) is 0 Å². The van der Waals surface area contributed by atoms with E-state index in [1.165, 1.54) is 65.0 Å². The van der Waals surface area contributed by atoms with Gasteiger partial charge >= 0.3 is 0 Å². The minimum absolute atomic E-state index is 0.773. The Morgan fingerprint density at radius 2 is 1.82 bits per heavy atom. The summed E-state index contributed by atoms with van der Waals surface area (Å²) in [6.45, 7) is 12.1. The van der Waals surface area contributed by atoms with Gasteiger partial charge in [0.1, 0.15) is 0 Å². The number of hydrazine groups is 1. The van der Waals surface area contributed by atoms with Crippen LogP contribution >= 0.6 is 0 Å². The van der Waals surface area contributed by atoms with Crippen LogP contribution in [0.1, 0.15) is 39.5 Å². The zero-order valence-electron chi connectivity index (χ0n) is 11.6. The van der Waals surface area contributed by atoms with Crippen molar-refractivity contribution in [1.29, 1.82) is 0 Å². The van der Waals surface area contributed by atoms with Crippen LogP contribution in [0, 0.1) is 11.8 Å². The van der Waals surface area contributed by atoms with Gasteiger partial charge in [-0.3, -0.25) is 0 Å². The summed E-state index contributed by atoms with van der Waals surface area (Å²) in [5, 5.41) is 8.82. The molecule has 2 saturated heterocycles. The van der Waals surface area contributed by atoms with Crippen molar-refractivity contribution in [3.63, 3.8) is 0 Å². The highest BCUT2D eigenvalue weighted by Crippen LogP contribution is 2.20. The molecule has 0 aliphatic carbocycles. The largest absolute Gasteiger partial charge is 0.316 e. The molecule has 2 heterocycles. The Hall–Kier alpha value is -0.120. The van der Waals surface area contributed by atoms with E-state index in [1.54, 1.807) is 0 Å². The molecule has 100 valence electrons. The van der Waals surface area contributed by atoms with Crippen molar-refractivity contribution >= 4 is 0 Å². The quantitative estimate of drug-likeness (QED) is 0.791. The molecule has 2 rings (SSSR count). The van der Waals surface area contributed by atoms with Gasteiger partial charge in [0.2, 0.25) is 0 Å². The molecule has 2 aliphatic heterocycles. The minimum atomic E-state index is 0.773. The lowest BCUT2D eigenvalue weighted by Gasteiger charge is -2.34. The van der Waals surface area contributed by atoms with Crippen LogP contribution in [0.25, 0.3) is 0 Å². The van der Waals surface area contributed by atoms with Crippen LogP contribution in [0.15, 0.2) is 0 Å². The van der Waals surface area contributed by atoms with E-state index in [2.05, 4.69) is 29.2 Å². The molecule has 3 nitrogen and oxygen atoms in total. The van der Waals surface area contributed by atoms with E-state index in [-0.39, 0.29) is 0 Å². The maximum absolute atomic E-state index is 3.61. The van der Waals surface area contributed by atoms with Gasteiger partial charge < -0.3 is 5.32 Å². The second-order valence-corrected chi connectivity index (χ2v) is 6.13. The molecule has 0 amide bonds. The first-order valence-corrected chi connectivity index (χ1v) is 7.46. The summed E-state index contributed by atoms with van der Waals surface area (Å²) in [6.07, 6.45) is 5.60. The predicted octanol–water partition coefficient (Wildman–Crippen LogP) is 1.95. The highest BCUT2D eigenvalue weighted by Gasteiger charge is 2.27. The van der Waals surface area contributed by atoms with Gasteiger partial charge in [-0.1, -0.05) is 20.3 Å². The summed E-state index contributed by atoms with van der Waals surface area (Å²) in [5.74, 6) is 1.64. The SMILES string of the molecule is CC(C)CNCC1CCN(N2CCCCC2)C1. The molecule has 2 aliphatic rings. The zero-order chi connectivity index (χ0) is 12.1. The second-order valence-electron chi connectivity index (χ2n) is 6.13. The molecule has 1 atom stereocenters. The molecule has 0 aromatic heterocycles. The molecule has 1 unspecified atom stereocenters. The fourth-order valence-corrected chi connectivity index (χ4v) is 2.97. The Morgan fingerprint density at radius 1 is 1.06 bits per heavy atom. The standard InChI is InChI=1S/C14H29N3/c1-13(2)10-15-11-14-6-9-17(12-14)16-7-4-3-5-8-16/h13-15H,3-12H2,1-2H3. The first kappa shape index (κ1) is 13.3. The van der Waals surface area contributed by atoms with Gasteiger partial charge in [-0.05, 0) is 44.2 Å². The van der Waals surface area contributed by atoms with E-state index >= 15 is 0 Å². The van der Waals surface area contributed by atoms with Crippen molar-refractivity contribution in [3.05, 3.63) is 0 Å². The topological polar surface area (TPSA) is 18.5 Å². The fraction of sp³-hybridized carbons (Fsp3) is 1.00. The number of piperidine rings is 1. The number of rotatable bonds is 5. The Labute approximate surface area is 107 Å². The van der Waals surface area contributed by atoms with Crippen LogP contribution in [0.3, 0.4) is 0 Å². The number of hydrogen-bond acceptors (Lipinski definition) is 3. The Balaban J connectivity index is 1.64. The van der Waals surface area contributed by atoms with Crippen LogP contribution < -0.4 is 5.32 Å². The van der Waals surface area contributed by atoms with Gasteiger partial charge in [0, 0.05) is 26.2 Å². The van der Waals surface area contributed by atoms with E-state index in [0.717, 1.165) is 11.8 Å². The number of hydrogen-bond donors (Lipinski definition) is 1. The first-order chi connectivity index (χ1) is 8.25. The second kappa shape index (κ2) is 6.72. The summed E-state index contributed by atoms with van der Waals surface area (Å²) < 4.78 is 0. The predicted molar refractivity (Wildman–Crippen MR) is 72.8 cm³/mol. The van der Waals surface area contributed by atoms with E-state index in [0.29, 0.717) is 0 Å². The molecule has 2 fully saturated rings. The lowest BCUT2D eigenvalue weighted by atomic mass is 10.1. The lowest BCUT2D eigenvalue weighted by Crippen LogP contribution is -2.44. The Bertz CT molecular complexity index is 212. The molecule has 0 bridgehead atoms. The Kier molecular flexibility index (Phi) is 5.26. The molecule has 3 heteroatoms. The van der Waals surface area contributed by atoms with Crippen LogP contribution in [0.5, 0.6) is 0 Å². The summed E-state index contributed by atoms with van der Waals surface area (Å²) in [6, 6.07) is 0. The molecule has 0 spiro atoms. The van der Waals surface area contributed by atoms with Gasteiger partial charge in [0.15, 0.2) is 0 Å². The van der Waals surface area contributed by atoms with Crippen molar-refractivity contribution in [2.75, 3.05) is 39.3 Å². The molecule has 0 aromatic carbocycles. The average Bonchev–Trinajstić information content (AvgIpc) is 2.78. The van der Waals surface area contributed by atoms with Gasteiger partial charge in [0.25, 0.3) is 0 Å². The van der Waals surface area contributed by atoms with E-state index in [9.17, 15) is 0 Å². The molecule has 0 radical (unpaired) electrons. The molecule has 1 N–H and O–H groups in total. The van der Waals surface area contributed by atoms with E-state index < -0.39 is 0 Å². The monoisotopic (exact) mass is 239 g/mol. The van der Waals surface area contributed by atoms with Crippen molar-refractivity contribution in [2.24, 2.45) is 11.8 Å². The normalized spacial score (nSPS) is 28.1. The van der Waals surface area contributed by atoms with Crippen LogP contribution in [0.2, 0.25) is 0 Å². The zero-order valence-corrected chi connectivity index (χ0v) is 11.6. The average molecular weight is 239 g/mol. The highest BCUT2D eigenvalue weighted by molar-refractivity contribution is 4.77. The third kappa shape index (κ3) is 4.23. The van der Waals surface area contributed by atoms with Gasteiger partial charge in [-0.15, -0.1) is 0 Å². The number of nitrogens with zero attached hydrogens (tertiary/aromatic N) is 2. The van der Waals surface area contributed by atoms with Crippen LogP contribution in [0.4, 0.5) is 0 Å². The summed E-state index contributed by atoms with van der Waals surface area (Å²) in [5.41, 5.74) is 0. The van der Waals surface area contributed by atoms with E-state index in [4.69, 9.17) is 0 Å². The van der Waals surface area contributed by atoms with Crippen molar-refractivity contribution < 1.29 is 0 Å². The van der Waals surface area contributed by atoms with Crippen molar-refractivity contribution in [1.82, 2.24) is 15.3 Å². The van der Waals surface area contributed by atoms with Crippen molar-refractivity contribution in [3.8, 4) is 0 Å². The smallest absolute Gasteiger partial charge is 0.0174 e. The summed E-state index contributed by atoms with van der Waals surface area (Å²) in [7, 11) is 0. The third-order valence-corrected chi connectivity index (χ3v) is 3.98. The molecule has 0 saturated carbocycles. The molecular formula is C14H29N3. The van der Waals surface area contributed by atoms with Crippen LogP contribution in [-0.2, 0) is 0 Å². The van der Waals surface area contributed by atoms with Gasteiger partial charge in [0.05, 0.1) is 0 Å². The lowest BCUT2D eigenvalue weighted by molar-refractivity contribution is -0.0218. The minimum Gasteiger partial charge on any atom is -0.316 e. The molecule has 17 heavy (non-hydrogen) atoms. The maximum atomic E-state index is 3.61. The fourth-order valence-electron chi connectivity index (χ4n) is 2.97.